The first-order chi connectivity index (χ1) is 2.91. The maximum atomic E-state index is 3.47. The van der Waals surface area contributed by atoms with Gasteiger partial charge in [0.05, 0.1) is 0 Å². The van der Waals surface area contributed by atoms with Gasteiger partial charge in [0.1, 0.15) is 0 Å². The molecule has 0 unspecified atom stereocenters. The zero-order chi connectivity index (χ0) is 4.83. The summed E-state index contributed by atoms with van der Waals surface area (Å²) in [6.07, 6.45) is 3.65. The van der Waals surface area contributed by atoms with Gasteiger partial charge < -0.3 is 0 Å². The van der Waals surface area contributed by atoms with E-state index < -0.39 is 0 Å². The van der Waals surface area contributed by atoms with Crippen LogP contribution in [0.5, 0.6) is 0 Å². The number of nitrogens with one attached hydrogen (secondary N) is 1. The van der Waals surface area contributed by atoms with Crippen LogP contribution in [0, 0.1) is 0 Å². The van der Waals surface area contributed by atoms with E-state index in [-0.39, 0.29) is 0 Å². The molecule has 0 aromatic rings. The maximum absolute atomic E-state index is 3.47. The van der Waals surface area contributed by atoms with Gasteiger partial charge in [-0.25, -0.2) is 0 Å². The van der Waals surface area contributed by atoms with E-state index in [1.54, 1.807) is 5.97 Å². The molecule has 0 spiro atoms. The summed E-state index contributed by atoms with van der Waals surface area (Å²) >= 11 is 0. The van der Waals surface area contributed by atoms with Gasteiger partial charge in [-0.2, -0.15) is 0 Å². The summed E-state index contributed by atoms with van der Waals surface area (Å²) in [6, 6.07) is 0. The molecular formula is C4H8BN. The Morgan fingerprint density at radius 3 is 2.50 bits per heavy atom. The van der Waals surface area contributed by atoms with Gasteiger partial charge in [-0.1, -0.05) is 0 Å². The molecule has 0 saturated carbocycles. The fourth-order valence-electron chi connectivity index (χ4n) is 0.164. The summed E-state index contributed by atoms with van der Waals surface area (Å²) in [6.45, 7) is 0. The second kappa shape index (κ2) is 4.47. The number of rotatable bonds is 2. The molecule has 0 amide bonds. The van der Waals surface area contributed by atoms with Crippen molar-refractivity contribution in [3.63, 3.8) is 0 Å². The van der Waals surface area contributed by atoms with Crippen molar-refractivity contribution < 1.29 is 0 Å². The molecule has 0 aromatic heterocycles. The van der Waals surface area contributed by atoms with Crippen LogP contribution in [-0.4, -0.2) is 20.5 Å². The third-order valence-electron chi connectivity index (χ3n) is 0.399. The molecule has 0 aromatic carbocycles. The Bertz CT molecular complexity index is 58.6. The van der Waals surface area contributed by atoms with Gasteiger partial charge >= 0.3 is 38.1 Å². The SMILES string of the molecule is B=C/C=C\NC. The molecule has 0 aliphatic heterocycles. The van der Waals surface area contributed by atoms with Crippen LogP contribution in [0.25, 0.3) is 0 Å². The topological polar surface area (TPSA) is 12.0 Å². The van der Waals surface area contributed by atoms with Gasteiger partial charge in [0, 0.05) is 0 Å². The predicted octanol–water partition coefficient (Wildman–Crippen LogP) is -0.578. The number of hydrogen-bond acceptors (Lipinski definition) is 1. The molecule has 0 saturated heterocycles. The summed E-state index contributed by atoms with van der Waals surface area (Å²) < 4.78 is 0. The fourth-order valence-corrected chi connectivity index (χ4v) is 0.164. The van der Waals surface area contributed by atoms with Crippen molar-refractivity contribution in [2.75, 3.05) is 7.05 Å². The van der Waals surface area contributed by atoms with E-state index in [2.05, 4.69) is 12.8 Å². The molecule has 6 heavy (non-hydrogen) atoms. The minimum atomic E-state index is 1.72. The summed E-state index contributed by atoms with van der Waals surface area (Å²) in [4.78, 5) is 0. The van der Waals surface area contributed by atoms with Gasteiger partial charge in [-0.05, 0) is 0 Å². The van der Waals surface area contributed by atoms with Gasteiger partial charge in [-0.15, -0.1) is 0 Å². The first kappa shape index (κ1) is 5.47. The Hall–Kier alpha value is -0.525. The molecule has 1 nitrogen and oxygen atoms in total. The van der Waals surface area contributed by atoms with Crippen LogP contribution in [0.4, 0.5) is 0 Å². The summed E-state index contributed by atoms with van der Waals surface area (Å²) in [5.74, 6) is 1.72. The normalized spacial score (nSPS) is 8.67. The molecule has 32 valence electrons. The monoisotopic (exact) mass is 81.1 g/mol. The van der Waals surface area contributed by atoms with E-state index >= 15 is 0 Å². The Morgan fingerprint density at radius 2 is 2.33 bits per heavy atom. The van der Waals surface area contributed by atoms with Crippen LogP contribution < -0.4 is 5.32 Å². The number of allylic oxidation sites excluding steroid dienone is 1. The molecule has 0 bridgehead atoms. The van der Waals surface area contributed by atoms with Crippen molar-refractivity contribution in [3.8, 4) is 0 Å². The molecule has 0 fully saturated rings. The zero-order valence-electron chi connectivity index (χ0n) is 3.94. The molecule has 0 aliphatic rings. The van der Waals surface area contributed by atoms with Crippen molar-refractivity contribution >= 4 is 13.5 Å². The Labute approximate surface area is 39.1 Å². The zero-order valence-corrected chi connectivity index (χ0v) is 3.94. The van der Waals surface area contributed by atoms with E-state index in [9.17, 15) is 0 Å². The van der Waals surface area contributed by atoms with E-state index in [0.29, 0.717) is 0 Å². The minimum absolute atomic E-state index is 1.72. The van der Waals surface area contributed by atoms with Crippen molar-refractivity contribution in [2.24, 2.45) is 0 Å². The van der Waals surface area contributed by atoms with Crippen molar-refractivity contribution in [3.05, 3.63) is 12.3 Å². The van der Waals surface area contributed by atoms with Crippen LogP contribution in [-0.2, 0) is 0 Å². The summed E-state index contributed by atoms with van der Waals surface area (Å²) in [5, 5.41) is 2.82. The molecule has 0 rings (SSSR count). The van der Waals surface area contributed by atoms with Gasteiger partial charge in [-0.3, -0.25) is 0 Å². The van der Waals surface area contributed by atoms with Crippen molar-refractivity contribution in [1.82, 2.24) is 5.32 Å². The standard InChI is InChI=1S/C4H8BN/c1-6-4-2-3-5/h2-6H,1H3/b4-2-. The van der Waals surface area contributed by atoms with Crippen molar-refractivity contribution in [2.45, 2.75) is 0 Å². The van der Waals surface area contributed by atoms with Crippen LogP contribution >= 0.6 is 0 Å². The second-order valence-corrected chi connectivity index (χ2v) is 0.883. The number of hydrogen-bond donors (Lipinski definition) is 1. The Kier molecular flexibility index (Phi) is 4.08. The molecule has 0 heterocycles. The van der Waals surface area contributed by atoms with Gasteiger partial charge in [0.15, 0.2) is 0 Å². The molecule has 0 atom stereocenters. The fraction of sp³-hybridized carbons (Fsp3) is 0.250. The van der Waals surface area contributed by atoms with E-state index in [1.807, 2.05) is 19.3 Å². The molecule has 2 heteroatoms. The van der Waals surface area contributed by atoms with E-state index in [1.165, 1.54) is 0 Å². The molecular weight excluding hydrogens is 72.9 g/mol. The van der Waals surface area contributed by atoms with E-state index in [4.69, 9.17) is 0 Å². The predicted molar refractivity (Wildman–Crippen MR) is 31.4 cm³/mol. The van der Waals surface area contributed by atoms with Crippen LogP contribution in [0.3, 0.4) is 0 Å². The summed E-state index contributed by atoms with van der Waals surface area (Å²) in [7, 11) is 5.32. The van der Waals surface area contributed by atoms with Crippen LogP contribution in [0.15, 0.2) is 12.3 Å². The molecule has 0 radical (unpaired) electrons. The van der Waals surface area contributed by atoms with Gasteiger partial charge in [0.2, 0.25) is 0 Å². The third kappa shape index (κ3) is 3.47. The summed E-state index contributed by atoms with van der Waals surface area (Å²) in [5.41, 5.74) is 0. The van der Waals surface area contributed by atoms with Crippen LogP contribution in [0.1, 0.15) is 0 Å². The quantitative estimate of drug-likeness (QED) is 0.438. The average molecular weight is 80.9 g/mol. The van der Waals surface area contributed by atoms with Crippen molar-refractivity contribution in [1.29, 1.82) is 0 Å². The Balaban J connectivity index is 2.94. The molecule has 1 N–H and O–H groups in total. The van der Waals surface area contributed by atoms with Gasteiger partial charge in [0.25, 0.3) is 0 Å². The second-order valence-electron chi connectivity index (χ2n) is 0.883. The van der Waals surface area contributed by atoms with Crippen LogP contribution in [0.2, 0.25) is 0 Å². The molecule has 0 aliphatic carbocycles. The average Bonchev–Trinajstić information content (AvgIpc) is 1.61. The first-order valence-electron chi connectivity index (χ1n) is 1.86. The third-order valence-corrected chi connectivity index (χ3v) is 0.399. The Morgan fingerprint density at radius 1 is 1.67 bits per heavy atom. The first-order valence-corrected chi connectivity index (χ1v) is 1.86. The van der Waals surface area contributed by atoms with E-state index in [0.717, 1.165) is 0 Å².